The lowest BCUT2D eigenvalue weighted by molar-refractivity contribution is -0.169. The van der Waals surface area contributed by atoms with Gasteiger partial charge in [-0.1, -0.05) is 20.8 Å². The zero-order valence-electron chi connectivity index (χ0n) is 23.9. The molecule has 11 heteroatoms. The lowest BCUT2D eigenvalue weighted by Gasteiger charge is -2.29. The first-order valence-electron chi connectivity index (χ1n) is 13.2. The van der Waals surface area contributed by atoms with E-state index in [1.54, 1.807) is 23.8 Å². The molecule has 6 rings (SSSR count). The number of aromatic nitrogens is 2. The van der Waals surface area contributed by atoms with Gasteiger partial charge in [-0.2, -0.15) is 12.6 Å². The van der Waals surface area contributed by atoms with Crippen LogP contribution in [0.25, 0.3) is 22.3 Å². The topological polar surface area (TPSA) is 151 Å². The zero-order chi connectivity index (χ0) is 30.4. The van der Waals surface area contributed by atoms with Crippen LogP contribution in [0.2, 0.25) is 0 Å². The third-order valence-electron chi connectivity index (χ3n) is 6.90. The van der Waals surface area contributed by atoms with E-state index in [0.29, 0.717) is 29.0 Å². The van der Waals surface area contributed by atoms with Gasteiger partial charge < -0.3 is 25.9 Å². The average molecular weight is 575 g/mol. The summed E-state index contributed by atoms with van der Waals surface area (Å²) in [6.45, 7) is 10.0. The Bertz CT molecular complexity index is 1470. The van der Waals surface area contributed by atoms with E-state index >= 15 is 0 Å². The summed E-state index contributed by atoms with van der Waals surface area (Å²) in [5.74, 6) is -1.05. The standard InChI is InChI=1S/C23H19FN2O4.C2H7N.C2H6.CH3NO.CH4S/c1-10-11-4-3-5-12-13-8-26-18(20(13)25-17(19(11)12)7-16(10)24)6-15-14(21(26)27)9-30-22(28)23(15,2)29;1-2-3;1-2;2-1-3;1-2/h6-7,29H,3-5,8-9H2,1-2H3;2-3H2,1H3;1-2H3;1H,(H2,2,3);2H,1H3/t23-;;;;/m0..../s1. The van der Waals surface area contributed by atoms with Crippen molar-refractivity contribution in [3.63, 3.8) is 0 Å². The summed E-state index contributed by atoms with van der Waals surface area (Å²) < 4.78 is 21.2. The number of pyridine rings is 2. The molecule has 0 bridgehead atoms. The molecule has 0 spiro atoms. The minimum Gasteiger partial charge on any atom is -0.458 e. The summed E-state index contributed by atoms with van der Waals surface area (Å²) in [5.41, 5.74) is 12.9. The van der Waals surface area contributed by atoms with Crippen LogP contribution >= 0.6 is 12.6 Å². The molecule has 9 nitrogen and oxygen atoms in total. The monoisotopic (exact) mass is 574 g/mol. The Hall–Kier alpha value is -3.28. The number of nitrogens with zero attached hydrogens (tertiary/aromatic N) is 2. The minimum atomic E-state index is -1.90. The maximum absolute atomic E-state index is 14.6. The van der Waals surface area contributed by atoms with Gasteiger partial charge in [-0.15, -0.1) is 0 Å². The predicted octanol–water partition coefficient (Wildman–Crippen LogP) is 3.26. The molecule has 1 aromatic carbocycles. The van der Waals surface area contributed by atoms with Gasteiger partial charge in [-0.3, -0.25) is 9.59 Å². The molecular formula is C29H39FN4O5S. The molecule has 0 radical (unpaired) electrons. The molecule has 1 aliphatic carbocycles. The Labute approximate surface area is 239 Å². The number of amides is 1. The summed E-state index contributed by atoms with van der Waals surface area (Å²) >= 11 is 3.53. The number of hydrogen-bond donors (Lipinski definition) is 4. The number of thiol groups is 1. The Morgan fingerprint density at radius 2 is 1.75 bits per heavy atom. The second-order valence-corrected chi connectivity index (χ2v) is 9.13. The summed E-state index contributed by atoms with van der Waals surface area (Å²) in [6, 6.07) is 3.14. The van der Waals surface area contributed by atoms with Crippen LogP contribution in [0.5, 0.6) is 0 Å². The van der Waals surface area contributed by atoms with Crippen LogP contribution < -0.4 is 17.0 Å². The summed E-state index contributed by atoms with van der Waals surface area (Å²) in [7, 11) is 0. The van der Waals surface area contributed by atoms with Crippen LogP contribution in [-0.4, -0.2) is 39.8 Å². The highest BCUT2D eigenvalue weighted by atomic mass is 32.1. The van der Waals surface area contributed by atoms with Gasteiger partial charge in [0.15, 0.2) is 5.60 Å². The maximum atomic E-state index is 14.6. The number of esters is 1. The van der Waals surface area contributed by atoms with Crippen molar-refractivity contribution in [3.8, 4) is 11.4 Å². The second-order valence-electron chi connectivity index (χ2n) is 9.13. The molecule has 4 heterocycles. The molecule has 0 saturated heterocycles. The molecule has 2 aromatic heterocycles. The van der Waals surface area contributed by atoms with Crippen LogP contribution in [0.4, 0.5) is 4.39 Å². The Morgan fingerprint density at radius 3 is 2.35 bits per heavy atom. The first-order chi connectivity index (χ1) is 19.1. The number of nitrogens with two attached hydrogens (primary N) is 2. The van der Waals surface area contributed by atoms with E-state index in [9.17, 15) is 19.1 Å². The van der Waals surface area contributed by atoms with E-state index in [2.05, 4.69) is 18.4 Å². The number of carbonyl (C=O) groups excluding carboxylic acids is 2. The number of cyclic esters (lactones) is 1. The molecule has 0 fully saturated rings. The van der Waals surface area contributed by atoms with E-state index in [4.69, 9.17) is 20.2 Å². The molecule has 0 unspecified atom stereocenters. The molecule has 3 aromatic rings. The van der Waals surface area contributed by atoms with E-state index in [-0.39, 0.29) is 35.5 Å². The summed E-state index contributed by atoms with van der Waals surface area (Å²) in [5, 5.41) is 11.7. The van der Waals surface area contributed by atoms with Gasteiger partial charge in [-0.25, -0.2) is 14.2 Å². The van der Waals surface area contributed by atoms with Gasteiger partial charge in [0.2, 0.25) is 6.41 Å². The number of fused-ring (bicyclic) bond motifs is 5. The first-order valence-corrected chi connectivity index (χ1v) is 14.1. The number of benzene rings is 1. The number of carbonyl (C=O) groups is 2. The molecule has 5 N–H and O–H groups in total. The molecule has 40 heavy (non-hydrogen) atoms. The van der Waals surface area contributed by atoms with Gasteiger partial charge >= 0.3 is 5.97 Å². The van der Waals surface area contributed by atoms with Crippen LogP contribution in [0.3, 0.4) is 0 Å². The van der Waals surface area contributed by atoms with Crippen molar-refractivity contribution < 1.29 is 23.8 Å². The number of primary amides is 1. The summed E-state index contributed by atoms with van der Waals surface area (Å²) in [4.78, 5) is 38.7. The Morgan fingerprint density at radius 1 is 1.18 bits per heavy atom. The van der Waals surface area contributed by atoms with Gasteiger partial charge in [0.1, 0.15) is 12.4 Å². The lowest BCUT2D eigenvalue weighted by atomic mass is 9.84. The van der Waals surface area contributed by atoms with Crippen LogP contribution in [-0.2, 0) is 45.9 Å². The van der Waals surface area contributed by atoms with E-state index in [1.807, 2.05) is 20.8 Å². The highest BCUT2D eigenvalue weighted by molar-refractivity contribution is 7.79. The normalized spacial score (nSPS) is 17.0. The van der Waals surface area contributed by atoms with E-state index in [0.717, 1.165) is 47.9 Å². The molecule has 218 valence electrons. The smallest absolute Gasteiger partial charge is 0.342 e. The largest absolute Gasteiger partial charge is 0.458 e. The number of hydrogen-bond acceptors (Lipinski definition) is 8. The fraction of sp³-hybridized carbons (Fsp3) is 0.448. The third kappa shape index (κ3) is 5.63. The minimum absolute atomic E-state index is 0.156. The Kier molecular flexibility index (Phi) is 11.4. The van der Waals surface area contributed by atoms with E-state index in [1.165, 1.54) is 13.0 Å². The quantitative estimate of drug-likeness (QED) is 0.143. The number of rotatable bonds is 0. The molecule has 0 saturated carbocycles. The van der Waals surface area contributed by atoms with Gasteiger partial charge in [0.25, 0.3) is 5.56 Å². The first kappa shape index (κ1) is 32.9. The van der Waals surface area contributed by atoms with Crippen molar-refractivity contribution in [2.24, 2.45) is 11.5 Å². The Balaban J connectivity index is 0.000000500. The van der Waals surface area contributed by atoms with Crippen molar-refractivity contribution in [1.82, 2.24) is 9.55 Å². The van der Waals surface area contributed by atoms with Gasteiger partial charge in [-0.05, 0) is 68.7 Å². The van der Waals surface area contributed by atoms with E-state index < -0.39 is 11.6 Å². The fourth-order valence-corrected chi connectivity index (χ4v) is 5.27. The molecule has 1 atom stereocenters. The third-order valence-corrected chi connectivity index (χ3v) is 6.90. The number of aliphatic hydroxyl groups is 1. The highest BCUT2D eigenvalue weighted by Gasteiger charge is 2.43. The molecule has 2 aliphatic heterocycles. The lowest BCUT2D eigenvalue weighted by Crippen LogP contribution is -2.42. The van der Waals surface area contributed by atoms with Gasteiger partial charge in [0.05, 0.1) is 29.0 Å². The van der Waals surface area contributed by atoms with Gasteiger partial charge in [0, 0.05) is 22.6 Å². The van der Waals surface area contributed by atoms with Crippen LogP contribution in [0.1, 0.15) is 67.5 Å². The summed E-state index contributed by atoms with van der Waals surface area (Å²) in [6.07, 6.45) is 4.53. The molecule has 3 aliphatic rings. The number of aryl methyl sites for hydroxylation is 2. The number of halogens is 1. The van der Waals surface area contributed by atoms with Crippen LogP contribution in [0.15, 0.2) is 16.9 Å². The van der Waals surface area contributed by atoms with Crippen LogP contribution in [0, 0.1) is 12.7 Å². The number of ether oxygens (including phenoxy) is 1. The van der Waals surface area contributed by atoms with Crippen molar-refractivity contribution in [2.45, 2.75) is 72.6 Å². The zero-order valence-corrected chi connectivity index (χ0v) is 24.8. The average Bonchev–Trinajstić information content (AvgIpc) is 3.32. The molecule has 1 amide bonds. The molecular weight excluding hydrogens is 535 g/mol. The van der Waals surface area contributed by atoms with Crippen molar-refractivity contribution in [3.05, 3.63) is 61.7 Å². The van der Waals surface area contributed by atoms with Crippen molar-refractivity contribution in [2.75, 3.05) is 12.8 Å². The maximum Gasteiger partial charge on any atom is 0.342 e. The van der Waals surface area contributed by atoms with Crippen molar-refractivity contribution >= 4 is 35.9 Å². The SMILES string of the molecule is CC.CCN.CS.Cc1c(F)cc2nc3c(c4c2c1CCC4)Cn1c-3cc2c(c1=O)COC(=O)[C@@]2(C)O.NC=O. The van der Waals surface area contributed by atoms with Crippen molar-refractivity contribution in [1.29, 1.82) is 0 Å². The highest BCUT2D eigenvalue weighted by Crippen LogP contribution is 2.42. The second kappa shape index (κ2) is 13.9. The fourth-order valence-electron chi connectivity index (χ4n) is 5.27. The predicted molar refractivity (Wildman–Crippen MR) is 158 cm³/mol.